The van der Waals surface area contributed by atoms with Crippen molar-refractivity contribution in [2.24, 2.45) is 0 Å². The van der Waals surface area contributed by atoms with E-state index in [-0.39, 0.29) is 0 Å². The van der Waals surface area contributed by atoms with Crippen LogP contribution >= 0.6 is 11.3 Å². The van der Waals surface area contributed by atoms with E-state index < -0.39 is 0 Å². The lowest BCUT2D eigenvalue weighted by Crippen LogP contribution is -1.87. The minimum Gasteiger partial charge on any atom is -0.398 e. The summed E-state index contributed by atoms with van der Waals surface area (Å²) < 4.78 is 0. The second kappa shape index (κ2) is 2.87. The van der Waals surface area contributed by atoms with Gasteiger partial charge in [0.25, 0.3) is 0 Å². The van der Waals surface area contributed by atoms with E-state index in [2.05, 4.69) is 12.3 Å². The Morgan fingerprint density at radius 2 is 2.33 bits per heavy atom. The summed E-state index contributed by atoms with van der Waals surface area (Å²) in [5.74, 6) is 0. The van der Waals surface area contributed by atoms with Gasteiger partial charge in [-0.1, -0.05) is 13.3 Å². The number of hydrogen-bond donors (Lipinski definition) is 1. The smallest absolute Gasteiger partial charge is 0.0455 e. The van der Waals surface area contributed by atoms with Crippen molar-refractivity contribution in [3.05, 3.63) is 16.3 Å². The minimum atomic E-state index is 0.960. The van der Waals surface area contributed by atoms with E-state index in [0.29, 0.717) is 0 Å². The Labute approximate surface area is 59.5 Å². The summed E-state index contributed by atoms with van der Waals surface area (Å²) in [5, 5.41) is 4.11. The fourth-order valence-corrected chi connectivity index (χ4v) is 1.59. The predicted molar refractivity (Wildman–Crippen MR) is 42.7 cm³/mol. The highest BCUT2D eigenvalue weighted by molar-refractivity contribution is 7.08. The lowest BCUT2D eigenvalue weighted by Gasteiger charge is -1.92. The zero-order chi connectivity index (χ0) is 6.69. The predicted octanol–water partition coefficient (Wildman–Crippen LogP) is 2.28. The molecule has 0 aliphatic carbocycles. The fourth-order valence-electron chi connectivity index (χ4n) is 0.806. The van der Waals surface area contributed by atoms with Gasteiger partial charge in [0.15, 0.2) is 0 Å². The Bertz CT molecular complexity index is 181. The first-order valence-corrected chi connectivity index (χ1v) is 4.09. The molecule has 0 saturated carbocycles. The monoisotopic (exact) mass is 141 g/mol. The number of thiophene rings is 1. The fraction of sp³-hybridized carbons (Fsp3) is 0.429. The number of nitrogen functional groups attached to an aromatic ring is 1. The molecule has 0 bridgehead atoms. The van der Waals surface area contributed by atoms with Crippen molar-refractivity contribution in [3.8, 4) is 0 Å². The van der Waals surface area contributed by atoms with Crippen LogP contribution in [0.1, 0.15) is 18.9 Å². The van der Waals surface area contributed by atoms with Crippen molar-refractivity contribution < 1.29 is 0 Å². The van der Waals surface area contributed by atoms with E-state index in [9.17, 15) is 0 Å². The highest BCUT2D eigenvalue weighted by Crippen LogP contribution is 2.17. The van der Waals surface area contributed by atoms with Crippen LogP contribution in [0.5, 0.6) is 0 Å². The molecule has 0 spiro atoms. The summed E-state index contributed by atoms with van der Waals surface area (Å²) in [6, 6.07) is 0. The van der Waals surface area contributed by atoms with Crippen LogP contribution in [0.4, 0.5) is 5.69 Å². The maximum atomic E-state index is 5.64. The van der Waals surface area contributed by atoms with Gasteiger partial charge in [-0.25, -0.2) is 0 Å². The van der Waals surface area contributed by atoms with Crippen molar-refractivity contribution in [2.75, 3.05) is 5.73 Å². The van der Waals surface area contributed by atoms with Crippen LogP contribution in [0.2, 0.25) is 0 Å². The summed E-state index contributed by atoms with van der Waals surface area (Å²) in [4.78, 5) is 0. The van der Waals surface area contributed by atoms with Crippen LogP contribution in [0.25, 0.3) is 0 Å². The van der Waals surface area contributed by atoms with Gasteiger partial charge >= 0.3 is 0 Å². The van der Waals surface area contributed by atoms with Crippen LogP contribution in [0.15, 0.2) is 10.8 Å². The van der Waals surface area contributed by atoms with Gasteiger partial charge in [0, 0.05) is 11.1 Å². The third-order valence-electron chi connectivity index (χ3n) is 1.30. The Morgan fingerprint density at radius 1 is 1.56 bits per heavy atom. The van der Waals surface area contributed by atoms with E-state index >= 15 is 0 Å². The summed E-state index contributed by atoms with van der Waals surface area (Å²) in [7, 11) is 0. The summed E-state index contributed by atoms with van der Waals surface area (Å²) in [5.41, 5.74) is 7.90. The molecule has 1 nitrogen and oxygen atoms in total. The Kier molecular flexibility index (Phi) is 2.11. The molecule has 0 amide bonds. The number of anilines is 1. The molecule has 0 aliphatic heterocycles. The Hall–Kier alpha value is -0.500. The van der Waals surface area contributed by atoms with Crippen molar-refractivity contribution in [1.82, 2.24) is 0 Å². The van der Waals surface area contributed by atoms with Crippen molar-refractivity contribution in [2.45, 2.75) is 19.8 Å². The maximum Gasteiger partial charge on any atom is 0.0455 e. The molecule has 0 radical (unpaired) electrons. The average Bonchev–Trinajstić information content (AvgIpc) is 2.18. The van der Waals surface area contributed by atoms with Gasteiger partial charge < -0.3 is 5.73 Å². The third kappa shape index (κ3) is 1.45. The number of aryl methyl sites for hydroxylation is 1. The van der Waals surface area contributed by atoms with E-state index in [4.69, 9.17) is 5.73 Å². The second-order valence-electron chi connectivity index (χ2n) is 2.10. The van der Waals surface area contributed by atoms with Gasteiger partial charge in [0.05, 0.1) is 0 Å². The second-order valence-corrected chi connectivity index (χ2v) is 2.85. The van der Waals surface area contributed by atoms with E-state index in [1.54, 1.807) is 11.3 Å². The quantitative estimate of drug-likeness (QED) is 0.671. The number of nitrogens with two attached hydrogens (primary N) is 1. The molecule has 2 N–H and O–H groups in total. The van der Waals surface area contributed by atoms with Crippen molar-refractivity contribution in [3.63, 3.8) is 0 Å². The highest BCUT2D eigenvalue weighted by atomic mass is 32.1. The standard InChI is InChI=1S/C7H11NS/c1-2-3-6-4-9-5-7(6)8/h4-5H,2-3,8H2,1H3. The zero-order valence-electron chi connectivity index (χ0n) is 5.55. The van der Waals surface area contributed by atoms with Crippen LogP contribution in [0, 0.1) is 0 Å². The summed E-state index contributed by atoms with van der Waals surface area (Å²) in [6.45, 7) is 2.16. The van der Waals surface area contributed by atoms with Crippen LogP contribution in [0.3, 0.4) is 0 Å². The molecular weight excluding hydrogens is 130 g/mol. The molecule has 0 atom stereocenters. The van der Waals surface area contributed by atoms with Crippen LogP contribution in [-0.4, -0.2) is 0 Å². The highest BCUT2D eigenvalue weighted by Gasteiger charge is 1.95. The van der Waals surface area contributed by atoms with Crippen LogP contribution < -0.4 is 5.73 Å². The van der Waals surface area contributed by atoms with Gasteiger partial charge in [-0.05, 0) is 17.4 Å². The molecule has 2 heteroatoms. The molecule has 0 saturated heterocycles. The number of hydrogen-bond acceptors (Lipinski definition) is 2. The zero-order valence-corrected chi connectivity index (χ0v) is 6.37. The summed E-state index contributed by atoms with van der Waals surface area (Å²) >= 11 is 1.68. The van der Waals surface area contributed by atoms with Crippen LogP contribution in [-0.2, 0) is 6.42 Å². The topological polar surface area (TPSA) is 26.0 Å². The van der Waals surface area contributed by atoms with E-state index in [0.717, 1.165) is 12.1 Å². The minimum absolute atomic E-state index is 0.960. The SMILES string of the molecule is CCCc1cscc1N. The molecule has 1 rings (SSSR count). The van der Waals surface area contributed by atoms with Crippen molar-refractivity contribution >= 4 is 17.0 Å². The normalized spacial score (nSPS) is 9.89. The molecule has 0 fully saturated rings. The lowest BCUT2D eigenvalue weighted by molar-refractivity contribution is 0.929. The first-order valence-electron chi connectivity index (χ1n) is 3.15. The molecule has 50 valence electrons. The first kappa shape index (κ1) is 6.62. The Balaban J connectivity index is 2.69. The van der Waals surface area contributed by atoms with Gasteiger partial charge in [-0.2, -0.15) is 0 Å². The molecule has 9 heavy (non-hydrogen) atoms. The molecule has 1 aromatic rings. The van der Waals surface area contributed by atoms with E-state index in [1.165, 1.54) is 12.0 Å². The first-order chi connectivity index (χ1) is 4.34. The molecule has 0 unspecified atom stereocenters. The molecule has 0 aromatic carbocycles. The average molecular weight is 141 g/mol. The Morgan fingerprint density at radius 3 is 2.78 bits per heavy atom. The lowest BCUT2D eigenvalue weighted by atomic mass is 10.2. The van der Waals surface area contributed by atoms with Crippen molar-refractivity contribution in [1.29, 1.82) is 0 Å². The molecule has 1 aromatic heterocycles. The summed E-state index contributed by atoms with van der Waals surface area (Å²) in [6.07, 6.45) is 2.30. The maximum absolute atomic E-state index is 5.64. The van der Waals surface area contributed by atoms with Gasteiger partial charge in [-0.15, -0.1) is 11.3 Å². The largest absolute Gasteiger partial charge is 0.398 e. The molecule has 1 heterocycles. The molecule has 0 aliphatic rings. The van der Waals surface area contributed by atoms with E-state index in [1.807, 2.05) is 5.38 Å². The third-order valence-corrected chi connectivity index (χ3v) is 2.11. The van der Waals surface area contributed by atoms with Gasteiger partial charge in [0.2, 0.25) is 0 Å². The van der Waals surface area contributed by atoms with Gasteiger partial charge in [0.1, 0.15) is 0 Å². The van der Waals surface area contributed by atoms with Gasteiger partial charge in [-0.3, -0.25) is 0 Å². The number of rotatable bonds is 2. The molecular formula is C7H11NS.